The molecule has 224 valence electrons. The van der Waals surface area contributed by atoms with Crippen molar-refractivity contribution < 1.29 is 10.2 Å². The number of rotatable bonds is 2. The first-order valence-corrected chi connectivity index (χ1v) is 13.2. The van der Waals surface area contributed by atoms with Gasteiger partial charge in [-0.2, -0.15) is 0 Å². The van der Waals surface area contributed by atoms with Gasteiger partial charge in [-0.25, -0.2) is 19.6 Å². The Morgan fingerprint density at radius 2 is 0.925 bits per heavy atom. The highest BCUT2D eigenvalue weighted by Crippen LogP contribution is 2.09. The second kappa shape index (κ2) is 13.6. The minimum Gasteiger partial charge on any atom is -0.394 e. The van der Waals surface area contributed by atoms with Gasteiger partial charge in [0.2, 0.25) is 0 Å². The van der Waals surface area contributed by atoms with Crippen LogP contribution in [0.4, 0.5) is 0 Å². The van der Waals surface area contributed by atoms with Crippen LogP contribution >= 0.6 is 31.9 Å². The van der Waals surface area contributed by atoms with Crippen LogP contribution in [0.1, 0.15) is 27.7 Å². The van der Waals surface area contributed by atoms with Crippen molar-refractivity contribution in [3.8, 4) is 0 Å². The molecule has 0 atom stereocenters. The lowest BCUT2D eigenvalue weighted by atomic mass is 10.1. The molecule has 0 saturated heterocycles. The van der Waals surface area contributed by atoms with Gasteiger partial charge >= 0.3 is 11.4 Å². The molecular formula is C22H36Br2N10O6. The fraction of sp³-hybridized carbons (Fsp3) is 0.545. The number of hydrogen-bond acceptors (Lipinski definition) is 10. The Labute approximate surface area is 244 Å². The third-order valence-corrected chi connectivity index (χ3v) is 5.70. The molecule has 8 N–H and O–H groups in total. The standard InChI is InChI=1S/2C7H7BrN4O2.2C4H11NO/c2*1-11-4-3(9-6(8)10-4)5(13)12(2)7(11)14;2*1-4(2,5)3-6/h2*1-2H3,(H,9,10);2*6H,3,5H2,1-2H3. The Morgan fingerprint density at radius 1 is 0.675 bits per heavy atom. The predicted octanol–water partition coefficient (Wildman–Crippen LogP) is -1.12. The summed E-state index contributed by atoms with van der Waals surface area (Å²) in [7, 11) is 5.99. The molecule has 0 aromatic carbocycles. The first kappa shape index (κ1) is 35.1. The number of imidazole rings is 2. The minimum atomic E-state index is -0.403. The monoisotopic (exact) mass is 694 g/mol. The molecule has 4 heterocycles. The molecule has 18 heteroatoms. The second-order valence-electron chi connectivity index (χ2n) is 10.2. The molecule has 0 aliphatic carbocycles. The molecule has 0 aliphatic rings. The van der Waals surface area contributed by atoms with E-state index in [1.165, 1.54) is 23.2 Å². The molecule has 0 bridgehead atoms. The zero-order valence-corrected chi connectivity index (χ0v) is 26.7. The lowest BCUT2D eigenvalue weighted by Gasteiger charge is -2.12. The van der Waals surface area contributed by atoms with Gasteiger partial charge in [-0.1, -0.05) is 0 Å². The lowest BCUT2D eigenvalue weighted by molar-refractivity contribution is 0.221. The number of fused-ring (bicyclic) bond motifs is 2. The molecule has 0 amide bonds. The Balaban J connectivity index is 0.000000290. The van der Waals surface area contributed by atoms with Crippen LogP contribution in [-0.2, 0) is 28.2 Å². The van der Waals surface area contributed by atoms with Crippen LogP contribution in [0.15, 0.2) is 28.6 Å². The lowest BCUT2D eigenvalue weighted by Crippen LogP contribution is -2.36. The number of H-pyrrole nitrogens is 2. The van der Waals surface area contributed by atoms with Gasteiger partial charge in [0, 0.05) is 39.3 Å². The molecular weight excluding hydrogens is 660 g/mol. The quantitative estimate of drug-likeness (QED) is 0.138. The van der Waals surface area contributed by atoms with Crippen LogP contribution in [0, 0.1) is 0 Å². The Bertz CT molecular complexity index is 1570. The fourth-order valence-electron chi connectivity index (χ4n) is 2.60. The summed E-state index contributed by atoms with van der Waals surface area (Å²) >= 11 is 6.22. The average Bonchev–Trinajstić information content (AvgIpc) is 3.47. The Morgan fingerprint density at radius 3 is 1.15 bits per heavy atom. The maximum absolute atomic E-state index is 11.6. The van der Waals surface area contributed by atoms with Crippen molar-refractivity contribution >= 4 is 54.2 Å². The van der Waals surface area contributed by atoms with E-state index in [-0.39, 0.29) is 35.7 Å². The van der Waals surface area contributed by atoms with Crippen molar-refractivity contribution in [2.24, 2.45) is 39.7 Å². The maximum Gasteiger partial charge on any atom is 0.332 e. The molecule has 0 spiro atoms. The van der Waals surface area contributed by atoms with Crippen LogP contribution < -0.4 is 34.0 Å². The number of aromatic nitrogens is 8. The van der Waals surface area contributed by atoms with Crippen LogP contribution in [0.25, 0.3) is 22.3 Å². The number of halogens is 2. The van der Waals surface area contributed by atoms with Crippen molar-refractivity contribution in [2.75, 3.05) is 13.2 Å². The summed E-state index contributed by atoms with van der Waals surface area (Å²) in [5, 5.41) is 16.6. The summed E-state index contributed by atoms with van der Waals surface area (Å²) in [6, 6.07) is 0. The van der Waals surface area contributed by atoms with Crippen LogP contribution in [0.2, 0.25) is 0 Å². The van der Waals surface area contributed by atoms with E-state index < -0.39 is 11.1 Å². The van der Waals surface area contributed by atoms with Crippen molar-refractivity contribution in [1.29, 1.82) is 0 Å². The van der Waals surface area contributed by atoms with Crippen molar-refractivity contribution in [2.45, 2.75) is 38.8 Å². The molecule has 4 rings (SSSR count). The van der Waals surface area contributed by atoms with E-state index in [2.05, 4.69) is 51.8 Å². The van der Waals surface area contributed by atoms with E-state index in [0.717, 1.165) is 9.13 Å². The molecule has 4 aromatic rings. The van der Waals surface area contributed by atoms with Gasteiger partial charge in [0.05, 0.1) is 13.2 Å². The van der Waals surface area contributed by atoms with Gasteiger partial charge in [0.25, 0.3) is 11.1 Å². The third kappa shape index (κ3) is 9.07. The normalized spacial score (nSPS) is 11.3. The van der Waals surface area contributed by atoms with E-state index in [9.17, 15) is 19.2 Å². The van der Waals surface area contributed by atoms with Gasteiger partial charge < -0.3 is 31.6 Å². The number of aliphatic hydroxyl groups is 2. The molecule has 0 radical (unpaired) electrons. The predicted molar refractivity (Wildman–Crippen MR) is 159 cm³/mol. The Kier molecular flexibility index (Phi) is 12.0. The first-order chi connectivity index (χ1) is 18.2. The van der Waals surface area contributed by atoms with Crippen molar-refractivity contribution in [3.05, 3.63) is 51.1 Å². The number of aryl methyl sites for hydroxylation is 2. The van der Waals surface area contributed by atoms with E-state index in [1.54, 1.807) is 41.8 Å². The fourth-order valence-corrected chi connectivity index (χ4v) is 3.33. The number of nitrogens with zero attached hydrogens (tertiary/aromatic N) is 6. The molecule has 40 heavy (non-hydrogen) atoms. The number of nitrogens with two attached hydrogens (primary N) is 2. The summed E-state index contributed by atoms with van der Waals surface area (Å²) in [5.74, 6) is 0. The topological polar surface area (TPSA) is 238 Å². The second-order valence-corrected chi connectivity index (χ2v) is 11.7. The summed E-state index contributed by atoms with van der Waals surface area (Å²) < 4.78 is 5.58. The number of aliphatic hydroxyl groups excluding tert-OH is 2. The first-order valence-electron chi connectivity index (χ1n) is 11.6. The SMILES string of the molecule is CC(C)(N)CO.CC(C)(N)CO.Cn1c(=O)c2[nH]c(Br)nc2n(C)c1=O.Cn1c(=O)c2[nH]c(Br)nc2n(C)c1=O. The van der Waals surface area contributed by atoms with Gasteiger partial charge in [-0.05, 0) is 59.6 Å². The summed E-state index contributed by atoms with van der Waals surface area (Å²) in [6.45, 7) is 7.18. The highest BCUT2D eigenvalue weighted by Gasteiger charge is 2.13. The van der Waals surface area contributed by atoms with E-state index in [4.69, 9.17) is 21.7 Å². The van der Waals surface area contributed by atoms with Crippen LogP contribution in [0.3, 0.4) is 0 Å². The van der Waals surface area contributed by atoms with Crippen LogP contribution in [-0.4, -0.2) is 72.7 Å². The van der Waals surface area contributed by atoms with Gasteiger partial charge in [-0.15, -0.1) is 0 Å². The van der Waals surface area contributed by atoms with Gasteiger partial charge in [0.1, 0.15) is 0 Å². The average molecular weight is 696 g/mol. The highest BCUT2D eigenvalue weighted by atomic mass is 79.9. The van der Waals surface area contributed by atoms with Crippen LogP contribution in [0.5, 0.6) is 0 Å². The van der Waals surface area contributed by atoms with E-state index in [1.807, 2.05) is 0 Å². The number of nitrogens with one attached hydrogen (secondary N) is 2. The zero-order valence-electron chi connectivity index (χ0n) is 23.5. The third-order valence-electron chi connectivity index (χ3n) is 4.95. The number of hydrogen-bond donors (Lipinski definition) is 6. The summed E-state index contributed by atoms with van der Waals surface area (Å²) in [5.41, 5.74) is 9.59. The minimum absolute atomic E-state index is 0.0486. The molecule has 0 saturated carbocycles. The Hall–Kier alpha value is -2.90. The molecule has 0 aliphatic heterocycles. The smallest absolute Gasteiger partial charge is 0.332 e. The molecule has 16 nitrogen and oxygen atoms in total. The summed E-state index contributed by atoms with van der Waals surface area (Å²) in [6.07, 6.45) is 0. The van der Waals surface area contributed by atoms with Gasteiger partial charge in [0.15, 0.2) is 31.8 Å². The summed E-state index contributed by atoms with van der Waals surface area (Å²) in [4.78, 5) is 59.6. The van der Waals surface area contributed by atoms with E-state index in [0.29, 0.717) is 31.8 Å². The molecule has 0 unspecified atom stereocenters. The highest BCUT2D eigenvalue weighted by molar-refractivity contribution is 9.10. The van der Waals surface area contributed by atoms with Crippen molar-refractivity contribution in [1.82, 2.24) is 38.2 Å². The molecule has 0 fully saturated rings. The maximum atomic E-state index is 11.6. The van der Waals surface area contributed by atoms with E-state index >= 15 is 0 Å². The van der Waals surface area contributed by atoms with Crippen molar-refractivity contribution in [3.63, 3.8) is 0 Å². The zero-order chi connectivity index (χ0) is 31.3. The van der Waals surface area contributed by atoms with Gasteiger partial charge in [-0.3, -0.25) is 27.9 Å². The number of aromatic amines is 2. The molecule has 4 aromatic heterocycles. The largest absolute Gasteiger partial charge is 0.394 e.